The van der Waals surface area contributed by atoms with Crippen LogP contribution in [0, 0.1) is 0 Å². The van der Waals surface area contributed by atoms with Gasteiger partial charge in [0.15, 0.2) is 0 Å². The van der Waals surface area contributed by atoms with Gasteiger partial charge in [-0.1, -0.05) is 0 Å². The van der Waals surface area contributed by atoms with E-state index in [0.717, 1.165) is 0 Å². The molecule has 0 aromatic heterocycles. The molecule has 3 rings (SSSR count). The average molecular weight is 425 g/mol. The monoisotopic (exact) mass is 425 g/mol. The van der Waals surface area contributed by atoms with Crippen LogP contribution in [0.2, 0.25) is 0 Å². The second-order valence-electron chi connectivity index (χ2n) is 6.75. The van der Waals surface area contributed by atoms with Crippen molar-refractivity contribution in [3.63, 3.8) is 0 Å². The second kappa shape index (κ2) is 9.86. The fourth-order valence-corrected chi connectivity index (χ4v) is 3.14. The van der Waals surface area contributed by atoms with E-state index in [-0.39, 0.29) is 24.6 Å². The molecule has 31 heavy (non-hydrogen) atoms. The number of imide groups is 1. The summed E-state index contributed by atoms with van der Waals surface area (Å²) in [5.74, 6) is -1.18. The molecule has 2 aromatic rings. The molecular weight excluding hydrogens is 402 g/mol. The summed E-state index contributed by atoms with van der Waals surface area (Å²) >= 11 is 0. The Morgan fingerprint density at radius 2 is 1.58 bits per heavy atom. The van der Waals surface area contributed by atoms with Crippen LogP contribution >= 0.6 is 0 Å². The second-order valence-corrected chi connectivity index (χ2v) is 6.75. The Morgan fingerprint density at radius 1 is 0.935 bits per heavy atom. The van der Waals surface area contributed by atoms with Crippen molar-refractivity contribution in [1.29, 1.82) is 0 Å². The number of hydrogen-bond acceptors (Lipinski definition) is 6. The van der Waals surface area contributed by atoms with Crippen LogP contribution in [0.3, 0.4) is 0 Å². The van der Waals surface area contributed by atoms with Crippen molar-refractivity contribution in [2.45, 2.75) is 13.3 Å². The van der Waals surface area contributed by atoms with Crippen molar-refractivity contribution < 1.29 is 28.7 Å². The molecule has 1 aliphatic rings. The number of urea groups is 1. The zero-order valence-electron chi connectivity index (χ0n) is 17.3. The van der Waals surface area contributed by atoms with Crippen molar-refractivity contribution in [1.82, 2.24) is 4.90 Å². The van der Waals surface area contributed by atoms with Crippen LogP contribution < -0.4 is 10.6 Å². The Morgan fingerprint density at radius 3 is 2.26 bits per heavy atom. The predicted octanol–water partition coefficient (Wildman–Crippen LogP) is 3.14. The van der Waals surface area contributed by atoms with Crippen LogP contribution in [0.1, 0.15) is 44.4 Å². The number of methoxy groups -OCH3 is 1. The number of ether oxygens (including phenoxy) is 2. The van der Waals surface area contributed by atoms with Crippen LogP contribution in [0.4, 0.5) is 16.2 Å². The molecule has 2 N–H and O–H groups in total. The van der Waals surface area contributed by atoms with Gasteiger partial charge in [0.2, 0.25) is 0 Å². The number of anilines is 2. The van der Waals surface area contributed by atoms with E-state index in [1.807, 2.05) is 0 Å². The van der Waals surface area contributed by atoms with Crippen molar-refractivity contribution >= 4 is 35.2 Å². The van der Waals surface area contributed by atoms with E-state index in [1.54, 1.807) is 44.4 Å². The van der Waals surface area contributed by atoms with Gasteiger partial charge in [-0.2, -0.15) is 0 Å². The molecule has 2 aromatic carbocycles. The summed E-state index contributed by atoms with van der Waals surface area (Å²) < 4.78 is 9.88. The molecule has 0 saturated carbocycles. The summed E-state index contributed by atoms with van der Waals surface area (Å²) in [5, 5.41) is 5.28. The van der Waals surface area contributed by atoms with Crippen LogP contribution in [0.15, 0.2) is 42.5 Å². The van der Waals surface area contributed by atoms with Gasteiger partial charge in [0, 0.05) is 31.6 Å². The minimum atomic E-state index is -0.530. The molecule has 162 valence electrons. The van der Waals surface area contributed by atoms with Gasteiger partial charge in [-0.3, -0.25) is 14.5 Å². The highest BCUT2D eigenvalue weighted by Crippen LogP contribution is 2.26. The van der Waals surface area contributed by atoms with E-state index in [0.29, 0.717) is 35.5 Å². The van der Waals surface area contributed by atoms with Gasteiger partial charge in [-0.15, -0.1) is 0 Å². The first kappa shape index (κ1) is 22.0. The van der Waals surface area contributed by atoms with Gasteiger partial charge in [0.05, 0.1) is 23.3 Å². The van der Waals surface area contributed by atoms with E-state index in [1.165, 1.54) is 17.0 Å². The lowest BCUT2D eigenvalue weighted by molar-refractivity contribution is 0.0525. The standard InChI is InChI=1S/C22H23N3O6/c1-3-31-21(28)14-5-7-15(8-6-14)23-22(29)24-16-9-10-17-18(13-16)20(27)25(19(17)26)11-4-12-30-2/h5-10,13H,3-4,11-12H2,1-2H3,(H2,23,24,29). The van der Waals surface area contributed by atoms with Gasteiger partial charge in [0.1, 0.15) is 0 Å². The summed E-state index contributed by atoms with van der Waals surface area (Å²) in [6.45, 7) is 2.72. The summed E-state index contributed by atoms with van der Waals surface area (Å²) in [7, 11) is 1.56. The van der Waals surface area contributed by atoms with E-state index in [9.17, 15) is 19.2 Å². The molecule has 0 bridgehead atoms. The zero-order chi connectivity index (χ0) is 22.4. The Hall–Kier alpha value is -3.72. The number of rotatable bonds is 8. The van der Waals surface area contributed by atoms with E-state index >= 15 is 0 Å². The van der Waals surface area contributed by atoms with E-state index < -0.39 is 17.9 Å². The SMILES string of the molecule is CCOC(=O)c1ccc(NC(=O)Nc2ccc3c(c2)C(=O)N(CCCOC)C3=O)cc1. The number of nitrogens with zero attached hydrogens (tertiary/aromatic N) is 1. The van der Waals surface area contributed by atoms with Gasteiger partial charge >= 0.3 is 12.0 Å². The van der Waals surface area contributed by atoms with Crippen LogP contribution in [-0.2, 0) is 9.47 Å². The summed E-state index contributed by atoms with van der Waals surface area (Å²) in [4.78, 5) is 50.1. The molecular formula is C22H23N3O6. The predicted molar refractivity (Wildman–Crippen MR) is 113 cm³/mol. The first-order valence-electron chi connectivity index (χ1n) is 9.79. The number of amides is 4. The normalized spacial score (nSPS) is 12.5. The molecule has 0 atom stereocenters. The minimum absolute atomic E-state index is 0.249. The Bertz CT molecular complexity index is 1000. The van der Waals surface area contributed by atoms with E-state index in [2.05, 4.69) is 10.6 Å². The molecule has 1 heterocycles. The Kier molecular flexibility index (Phi) is 6.99. The fraction of sp³-hybridized carbons (Fsp3) is 0.273. The average Bonchev–Trinajstić information content (AvgIpc) is 2.99. The maximum atomic E-state index is 12.6. The van der Waals surface area contributed by atoms with Crippen LogP contribution in [-0.4, -0.2) is 55.6 Å². The lowest BCUT2D eigenvalue weighted by atomic mass is 10.1. The van der Waals surface area contributed by atoms with Crippen molar-refractivity contribution in [3.05, 3.63) is 59.2 Å². The molecule has 1 aliphatic heterocycles. The van der Waals surface area contributed by atoms with Gasteiger partial charge in [-0.05, 0) is 55.8 Å². The summed E-state index contributed by atoms with van der Waals surface area (Å²) in [5.41, 5.74) is 1.79. The quantitative estimate of drug-likeness (QED) is 0.382. The molecule has 0 unspecified atom stereocenters. The summed E-state index contributed by atoms with van der Waals surface area (Å²) in [6.07, 6.45) is 0.546. The number of nitrogens with one attached hydrogen (secondary N) is 2. The lowest BCUT2D eigenvalue weighted by Gasteiger charge is -2.12. The number of fused-ring (bicyclic) bond motifs is 1. The Labute approximate surface area is 179 Å². The van der Waals surface area contributed by atoms with Crippen molar-refractivity contribution in [3.8, 4) is 0 Å². The highest BCUT2D eigenvalue weighted by atomic mass is 16.5. The minimum Gasteiger partial charge on any atom is -0.462 e. The maximum absolute atomic E-state index is 12.6. The molecule has 0 fully saturated rings. The molecule has 0 aliphatic carbocycles. The maximum Gasteiger partial charge on any atom is 0.338 e. The third-order valence-electron chi connectivity index (χ3n) is 4.61. The highest BCUT2D eigenvalue weighted by Gasteiger charge is 2.35. The first-order chi connectivity index (χ1) is 14.9. The molecule has 0 radical (unpaired) electrons. The smallest absolute Gasteiger partial charge is 0.338 e. The van der Waals surface area contributed by atoms with Gasteiger partial charge < -0.3 is 20.1 Å². The van der Waals surface area contributed by atoms with Gasteiger partial charge in [-0.25, -0.2) is 9.59 Å². The van der Waals surface area contributed by atoms with Crippen molar-refractivity contribution in [2.24, 2.45) is 0 Å². The third kappa shape index (κ3) is 5.07. The third-order valence-corrected chi connectivity index (χ3v) is 4.61. The molecule has 0 saturated heterocycles. The number of hydrogen-bond donors (Lipinski definition) is 2. The summed E-state index contributed by atoms with van der Waals surface area (Å²) in [6, 6.07) is 10.3. The largest absolute Gasteiger partial charge is 0.462 e. The number of carbonyl (C=O) groups excluding carboxylic acids is 4. The molecule has 9 heteroatoms. The fourth-order valence-electron chi connectivity index (χ4n) is 3.14. The zero-order valence-corrected chi connectivity index (χ0v) is 17.3. The van der Waals surface area contributed by atoms with Crippen molar-refractivity contribution in [2.75, 3.05) is 37.5 Å². The van der Waals surface area contributed by atoms with E-state index in [4.69, 9.17) is 9.47 Å². The molecule has 4 amide bonds. The topological polar surface area (TPSA) is 114 Å². The number of benzene rings is 2. The van der Waals surface area contributed by atoms with Crippen LogP contribution in [0.25, 0.3) is 0 Å². The number of esters is 1. The van der Waals surface area contributed by atoms with Gasteiger partial charge in [0.25, 0.3) is 11.8 Å². The van der Waals surface area contributed by atoms with Crippen LogP contribution in [0.5, 0.6) is 0 Å². The lowest BCUT2D eigenvalue weighted by Crippen LogP contribution is -2.31. The number of carbonyl (C=O) groups is 4. The Balaban J connectivity index is 1.63. The molecule has 0 spiro atoms. The first-order valence-corrected chi connectivity index (χ1v) is 9.79. The molecule has 9 nitrogen and oxygen atoms in total. The highest BCUT2D eigenvalue weighted by molar-refractivity contribution is 6.22.